The second kappa shape index (κ2) is 11.3. The molecule has 1 aliphatic carbocycles. The lowest BCUT2D eigenvalue weighted by molar-refractivity contribution is 0.116. The second-order valence-corrected chi connectivity index (χ2v) is 9.45. The third-order valence-corrected chi connectivity index (χ3v) is 7.11. The van der Waals surface area contributed by atoms with Crippen LogP contribution in [0.15, 0.2) is 29.1 Å². The van der Waals surface area contributed by atoms with Crippen LogP contribution in [0, 0.1) is 0 Å². The van der Waals surface area contributed by atoms with E-state index in [1.807, 2.05) is 28.8 Å². The molecule has 4 rings (SSSR count). The minimum absolute atomic E-state index is 0.0369. The van der Waals surface area contributed by atoms with Crippen molar-refractivity contribution < 1.29 is 5.02 Å². The fourth-order valence-corrected chi connectivity index (χ4v) is 5.40. The molecular weight excluding hydrogens is 401 g/mol. The zero-order valence-corrected chi connectivity index (χ0v) is 19.4. The van der Waals surface area contributed by atoms with Crippen molar-refractivity contribution in [2.45, 2.75) is 76.7 Å². The van der Waals surface area contributed by atoms with Gasteiger partial charge in [-0.2, -0.15) is 0 Å². The van der Waals surface area contributed by atoms with Gasteiger partial charge in [0.05, 0.1) is 11.0 Å². The maximum Gasteiger partial charge on any atom is 0.373 e. The molecular formula is C24H38BN5O2. The maximum absolute atomic E-state index is 13.4. The van der Waals surface area contributed by atoms with Crippen molar-refractivity contribution in [3.63, 3.8) is 0 Å². The highest BCUT2D eigenvalue weighted by Crippen LogP contribution is 2.29. The molecule has 0 atom stereocenters. The van der Waals surface area contributed by atoms with Crippen LogP contribution in [0.1, 0.15) is 63.8 Å². The number of hydrogen-bond donors (Lipinski definition) is 3. The van der Waals surface area contributed by atoms with E-state index in [0.29, 0.717) is 18.9 Å². The Morgan fingerprint density at radius 2 is 1.69 bits per heavy atom. The van der Waals surface area contributed by atoms with Crippen LogP contribution < -0.4 is 16.1 Å². The quantitative estimate of drug-likeness (QED) is 0.454. The number of rotatable bonds is 7. The first-order valence-electron chi connectivity index (χ1n) is 12.5. The SMILES string of the molecule is CB(O)NCCNc1nc2ccccc2n(C2CCN(C3CCCCCCC3)CC2)c1=O. The number of benzene rings is 1. The van der Waals surface area contributed by atoms with Gasteiger partial charge in [-0.1, -0.05) is 44.2 Å². The Labute approximate surface area is 191 Å². The summed E-state index contributed by atoms with van der Waals surface area (Å²) in [6.07, 6.45) is 11.6. The summed E-state index contributed by atoms with van der Waals surface area (Å²) in [5.41, 5.74) is 1.74. The van der Waals surface area contributed by atoms with Gasteiger partial charge in [0, 0.05) is 38.3 Å². The summed E-state index contributed by atoms with van der Waals surface area (Å²) in [6, 6.07) is 8.89. The van der Waals surface area contributed by atoms with Gasteiger partial charge in [-0.05, 0) is 44.6 Å². The summed E-state index contributed by atoms with van der Waals surface area (Å²) >= 11 is 0. The Morgan fingerprint density at radius 1 is 1.00 bits per heavy atom. The first-order chi connectivity index (χ1) is 15.6. The van der Waals surface area contributed by atoms with E-state index in [0.717, 1.165) is 43.0 Å². The Morgan fingerprint density at radius 3 is 2.41 bits per heavy atom. The Balaban J connectivity index is 1.49. The second-order valence-electron chi connectivity index (χ2n) is 9.45. The summed E-state index contributed by atoms with van der Waals surface area (Å²) < 4.78 is 1.99. The van der Waals surface area contributed by atoms with Crippen LogP contribution in [-0.2, 0) is 0 Å². The summed E-state index contributed by atoms with van der Waals surface area (Å²) in [4.78, 5) is 20.7. The van der Waals surface area contributed by atoms with Crippen LogP contribution in [0.5, 0.6) is 0 Å². The van der Waals surface area contributed by atoms with E-state index in [1.165, 1.54) is 44.9 Å². The fourth-order valence-electron chi connectivity index (χ4n) is 5.40. The lowest BCUT2D eigenvalue weighted by atomic mass is 9.89. The van der Waals surface area contributed by atoms with Crippen molar-refractivity contribution in [1.82, 2.24) is 19.7 Å². The molecule has 1 aromatic heterocycles. The lowest BCUT2D eigenvalue weighted by Crippen LogP contribution is -2.43. The molecule has 2 heterocycles. The third kappa shape index (κ3) is 5.72. The molecule has 0 amide bonds. The molecule has 1 saturated carbocycles. The van der Waals surface area contributed by atoms with Crippen LogP contribution in [-0.4, -0.2) is 58.7 Å². The fraction of sp³-hybridized carbons (Fsp3) is 0.667. The Hall–Kier alpha value is -1.90. The predicted molar refractivity (Wildman–Crippen MR) is 132 cm³/mol. The van der Waals surface area contributed by atoms with Crippen molar-refractivity contribution in [3.05, 3.63) is 34.6 Å². The highest BCUT2D eigenvalue weighted by atomic mass is 16.2. The summed E-state index contributed by atoms with van der Waals surface area (Å²) in [6.45, 7) is 4.92. The van der Waals surface area contributed by atoms with E-state index < -0.39 is 7.05 Å². The number of likely N-dealkylation sites (tertiary alicyclic amines) is 1. The molecule has 2 aromatic rings. The zero-order chi connectivity index (χ0) is 22.3. The summed E-state index contributed by atoms with van der Waals surface area (Å²) in [5.74, 6) is 0.401. The first-order valence-corrected chi connectivity index (χ1v) is 12.5. The van der Waals surface area contributed by atoms with Gasteiger partial charge in [-0.3, -0.25) is 4.79 Å². The highest BCUT2D eigenvalue weighted by Gasteiger charge is 2.28. The number of nitrogens with one attached hydrogen (secondary N) is 2. The molecule has 0 unspecified atom stereocenters. The van der Waals surface area contributed by atoms with E-state index in [9.17, 15) is 9.82 Å². The van der Waals surface area contributed by atoms with E-state index in [2.05, 4.69) is 20.4 Å². The first kappa shape index (κ1) is 23.3. The average Bonchev–Trinajstić information content (AvgIpc) is 2.77. The molecule has 2 fully saturated rings. The van der Waals surface area contributed by atoms with Crippen molar-refractivity contribution in [2.24, 2.45) is 0 Å². The van der Waals surface area contributed by atoms with Crippen molar-refractivity contribution in [1.29, 1.82) is 0 Å². The number of fused-ring (bicyclic) bond motifs is 1. The number of aromatic nitrogens is 2. The van der Waals surface area contributed by atoms with Crippen molar-refractivity contribution in [3.8, 4) is 0 Å². The normalized spacial score (nSPS) is 19.6. The van der Waals surface area contributed by atoms with E-state index in [-0.39, 0.29) is 11.6 Å². The molecule has 174 valence electrons. The van der Waals surface area contributed by atoms with Crippen LogP contribution in [0.4, 0.5) is 5.82 Å². The lowest BCUT2D eigenvalue weighted by Gasteiger charge is -2.39. The van der Waals surface area contributed by atoms with Gasteiger partial charge < -0.3 is 25.0 Å². The number of anilines is 1. The molecule has 0 spiro atoms. The van der Waals surface area contributed by atoms with Crippen LogP contribution >= 0.6 is 0 Å². The maximum atomic E-state index is 13.4. The monoisotopic (exact) mass is 439 g/mol. The van der Waals surface area contributed by atoms with Gasteiger partial charge in [0.15, 0.2) is 5.82 Å². The molecule has 0 radical (unpaired) electrons. The third-order valence-electron chi connectivity index (χ3n) is 7.11. The highest BCUT2D eigenvalue weighted by molar-refractivity contribution is 6.45. The topological polar surface area (TPSA) is 82.4 Å². The van der Waals surface area contributed by atoms with Gasteiger partial charge in [0.25, 0.3) is 5.56 Å². The number of piperidine rings is 1. The van der Waals surface area contributed by atoms with Gasteiger partial charge in [0.1, 0.15) is 0 Å². The molecule has 8 heteroatoms. The largest absolute Gasteiger partial charge is 0.437 e. The van der Waals surface area contributed by atoms with E-state index in [1.54, 1.807) is 6.82 Å². The molecule has 1 aromatic carbocycles. The molecule has 3 N–H and O–H groups in total. The van der Waals surface area contributed by atoms with Gasteiger partial charge in [0.2, 0.25) is 0 Å². The molecule has 7 nitrogen and oxygen atoms in total. The molecule has 32 heavy (non-hydrogen) atoms. The van der Waals surface area contributed by atoms with Gasteiger partial charge in [-0.25, -0.2) is 4.98 Å². The van der Waals surface area contributed by atoms with Gasteiger partial charge >= 0.3 is 7.05 Å². The summed E-state index contributed by atoms with van der Waals surface area (Å²) in [7, 11) is -0.568. The molecule has 1 saturated heterocycles. The minimum atomic E-state index is -0.568. The predicted octanol–water partition coefficient (Wildman–Crippen LogP) is 3.26. The average molecular weight is 439 g/mol. The van der Waals surface area contributed by atoms with Gasteiger partial charge in [-0.15, -0.1) is 0 Å². The Bertz CT molecular complexity index is 918. The van der Waals surface area contributed by atoms with Crippen LogP contribution in [0.25, 0.3) is 11.0 Å². The number of para-hydroxylation sites is 2. The van der Waals surface area contributed by atoms with Crippen molar-refractivity contribution in [2.75, 3.05) is 31.5 Å². The van der Waals surface area contributed by atoms with Crippen molar-refractivity contribution >= 4 is 23.9 Å². The Kier molecular flexibility index (Phi) is 8.22. The zero-order valence-electron chi connectivity index (χ0n) is 19.4. The van der Waals surface area contributed by atoms with E-state index >= 15 is 0 Å². The molecule has 1 aliphatic heterocycles. The van der Waals surface area contributed by atoms with Crippen LogP contribution in [0.2, 0.25) is 6.82 Å². The number of hydrogen-bond acceptors (Lipinski definition) is 6. The van der Waals surface area contributed by atoms with E-state index in [4.69, 9.17) is 0 Å². The summed E-state index contributed by atoms with van der Waals surface area (Å²) in [5, 5.41) is 15.5. The minimum Gasteiger partial charge on any atom is -0.437 e. The smallest absolute Gasteiger partial charge is 0.373 e. The molecule has 2 aliphatic rings. The number of nitrogens with zero attached hydrogens (tertiary/aromatic N) is 3. The standard InChI is InChI=1S/C24H38BN5O2/c1-25(32)27-16-15-26-23-24(31)30(22-12-8-7-11-21(22)28-23)20-13-17-29(18-14-20)19-9-5-3-2-4-6-10-19/h7-8,11-12,19-20,27,32H,2-6,9-10,13-18H2,1H3,(H,26,28). The van der Waals surface area contributed by atoms with Crippen LogP contribution in [0.3, 0.4) is 0 Å². The molecule has 0 bridgehead atoms.